The van der Waals surface area contributed by atoms with Crippen LogP contribution in [-0.4, -0.2) is 6.04 Å². The Morgan fingerprint density at radius 1 is 1.15 bits per heavy atom. The van der Waals surface area contributed by atoms with Gasteiger partial charge in [-0.15, -0.1) is 0 Å². The van der Waals surface area contributed by atoms with Crippen LogP contribution < -0.4 is 5.32 Å². The van der Waals surface area contributed by atoms with Crippen LogP contribution in [0.4, 0.5) is 18.9 Å². The van der Waals surface area contributed by atoms with Crippen molar-refractivity contribution < 1.29 is 13.2 Å². The summed E-state index contributed by atoms with van der Waals surface area (Å²) in [6.45, 7) is 2.24. The van der Waals surface area contributed by atoms with E-state index in [2.05, 4.69) is 28.2 Å². The first-order valence-corrected chi connectivity index (χ1v) is 7.79. The van der Waals surface area contributed by atoms with Gasteiger partial charge in [0.1, 0.15) is 0 Å². The van der Waals surface area contributed by atoms with Crippen LogP contribution in [-0.2, 0) is 6.18 Å². The molecule has 0 heterocycles. The molecule has 2 unspecified atom stereocenters. The number of hydrogen-bond donors (Lipinski definition) is 1. The zero-order valence-corrected chi connectivity index (χ0v) is 13.0. The summed E-state index contributed by atoms with van der Waals surface area (Å²) in [6.07, 6.45) is 1.23. The number of halogens is 4. The molecular weight excluding hydrogens is 331 g/mol. The van der Waals surface area contributed by atoms with E-state index in [0.29, 0.717) is 5.69 Å². The summed E-state index contributed by atoms with van der Waals surface area (Å²) in [4.78, 5) is 0. The SMILES string of the molecule is CC1CCCC(Nc2ccc(Br)c(C(F)(F)F)c2)CC1. The molecule has 0 amide bonds. The Kier molecular flexibility index (Phi) is 4.99. The summed E-state index contributed by atoms with van der Waals surface area (Å²) in [5, 5.41) is 3.26. The maximum Gasteiger partial charge on any atom is 0.417 e. The molecule has 0 saturated heterocycles. The summed E-state index contributed by atoms with van der Waals surface area (Å²) in [6, 6.07) is 4.64. The maximum atomic E-state index is 12.9. The van der Waals surface area contributed by atoms with Gasteiger partial charge in [-0.2, -0.15) is 13.2 Å². The molecule has 1 saturated carbocycles. The third-order valence-corrected chi connectivity index (χ3v) is 4.59. The van der Waals surface area contributed by atoms with Gasteiger partial charge < -0.3 is 5.32 Å². The second-order valence-electron chi connectivity index (χ2n) is 5.65. The van der Waals surface area contributed by atoms with Gasteiger partial charge in [0.15, 0.2) is 0 Å². The topological polar surface area (TPSA) is 12.0 Å². The molecule has 5 heteroatoms. The van der Waals surface area contributed by atoms with Crippen LogP contribution in [0.2, 0.25) is 0 Å². The number of nitrogens with one attached hydrogen (secondary N) is 1. The molecule has 112 valence electrons. The highest BCUT2D eigenvalue weighted by Crippen LogP contribution is 2.36. The van der Waals surface area contributed by atoms with Gasteiger partial charge in [0.05, 0.1) is 5.56 Å². The number of benzene rings is 1. The van der Waals surface area contributed by atoms with E-state index in [9.17, 15) is 13.2 Å². The van der Waals surface area contributed by atoms with Crippen molar-refractivity contribution >= 4 is 21.6 Å². The molecule has 1 aliphatic rings. The van der Waals surface area contributed by atoms with Crippen molar-refractivity contribution in [1.29, 1.82) is 0 Å². The van der Waals surface area contributed by atoms with Crippen LogP contribution in [0.15, 0.2) is 22.7 Å². The smallest absolute Gasteiger partial charge is 0.382 e. The van der Waals surface area contributed by atoms with Gasteiger partial charge in [0.2, 0.25) is 0 Å². The minimum absolute atomic E-state index is 0.0880. The van der Waals surface area contributed by atoms with Gasteiger partial charge in [0, 0.05) is 16.2 Å². The van der Waals surface area contributed by atoms with Crippen LogP contribution >= 0.6 is 15.9 Å². The van der Waals surface area contributed by atoms with Crippen molar-refractivity contribution in [2.45, 2.75) is 51.2 Å². The maximum absolute atomic E-state index is 12.9. The van der Waals surface area contributed by atoms with Crippen LogP contribution in [0, 0.1) is 5.92 Å². The molecule has 0 spiro atoms. The van der Waals surface area contributed by atoms with E-state index < -0.39 is 11.7 Å². The predicted octanol–water partition coefficient (Wildman–Crippen LogP) is 5.85. The molecule has 0 aromatic heterocycles. The van der Waals surface area contributed by atoms with Crippen LogP contribution in [0.3, 0.4) is 0 Å². The Balaban J connectivity index is 2.10. The fourth-order valence-corrected chi connectivity index (χ4v) is 3.17. The lowest BCUT2D eigenvalue weighted by atomic mass is 10.0. The molecule has 2 rings (SSSR count). The van der Waals surface area contributed by atoms with E-state index in [0.717, 1.165) is 31.6 Å². The minimum atomic E-state index is -4.32. The molecule has 1 fully saturated rings. The van der Waals surface area contributed by atoms with Crippen molar-refractivity contribution in [1.82, 2.24) is 0 Å². The van der Waals surface area contributed by atoms with Gasteiger partial charge in [-0.05, 0) is 43.4 Å². The summed E-state index contributed by atoms with van der Waals surface area (Å²) in [7, 11) is 0. The number of anilines is 1. The lowest BCUT2D eigenvalue weighted by molar-refractivity contribution is -0.138. The predicted molar refractivity (Wildman–Crippen MR) is 78.8 cm³/mol. The Labute approximate surface area is 126 Å². The third kappa shape index (κ3) is 4.14. The first-order chi connectivity index (χ1) is 9.36. The van der Waals surface area contributed by atoms with E-state index in [1.54, 1.807) is 6.07 Å². The number of hydrogen-bond acceptors (Lipinski definition) is 1. The molecule has 1 aliphatic carbocycles. The van der Waals surface area contributed by atoms with Crippen molar-refractivity contribution in [2.75, 3.05) is 5.32 Å². The van der Waals surface area contributed by atoms with E-state index >= 15 is 0 Å². The van der Waals surface area contributed by atoms with E-state index in [4.69, 9.17) is 0 Å². The van der Waals surface area contributed by atoms with Gasteiger partial charge in [-0.1, -0.05) is 35.7 Å². The lowest BCUT2D eigenvalue weighted by Crippen LogP contribution is -2.19. The monoisotopic (exact) mass is 349 g/mol. The fourth-order valence-electron chi connectivity index (χ4n) is 2.70. The normalized spacial score (nSPS) is 24.2. The quantitative estimate of drug-likeness (QED) is 0.660. The highest BCUT2D eigenvalue weighted by Gasteiger charge is 2.33. The zero-order valence-electron chi connectivity index (χ0n) is 11.4. The molecule has 0 aliphatic heterocycles. The summed E-state index contributed by atoms with van der Waals surface area (Å²) in [5.74, 6) is 0.720. The first-order valence-electron chi connectivity index (χ1n) is 6.99. The van der Waals surface area contributed by atoms with E-state index in [1.165, 1.54) is 18.6 Å². The second kappa shape index (κ2) is 6.37. The Hall–Kier alpha value is -0.710. The van der Waals surface area contributed by atoms with Gasteiger partial charge >= 0.3 is 6.18 Å². The van der Waals surface area contributed by atoms with E-state index in [1.807, 2.05) is 0 Å². The van der Waals surface area contributed by atoms with Crippen molar-refractivity contribution in [3.8, 4) is 0 Å². The largest absolute Gasteiger partial charge is 0.417 e. The van der Waals surface area contributed by atoms with Gasteiger partial charge in [-0.3, -0.25) is 0 Å². The molecule has 1 N–H and O–H groups in total. The Bertz CT molecular complexity index is 459. The van der Waals surface area contributed by atoms with Crippen LogP contribution in [0.25, 0.3) is 0 Å². The standard InChI is InChI=1S/C15H19BrF3N/c1-10-3-2-4-11(6-5-10)20-12-7-8-14(16)13(9-12)15(17,18)19/h7-11,20H,2-6H2,1H3. The Morgan fingerprint density at radius 2 is 1.90 bits per heavy atom. The lowest BCUT2D eigenvalue weighted by Gasteiger charge is -2.19. The van der Waals surface area contributed by atoms with E-state index in [-0.39, 0.29) is 10.5 Å². The molecule has 1 nitrogen and oxygen atoms in total. The van der Waals surface area contributed by atoms with Crippen molar-refractivity contribution in [2.24, 2.45) is 5.92 Å². The zero-order chi connectivity index (χ0) is 14.8. The van der Waals surface area contributed by atoms with Gasteiger partial charge in [-0.25, -0.2) is 0 Å². The van der Waals surface area contributed by atoms with Crippen molar-refractivity contribution in [3.05, 3.63) is 28.2 Å². The molecular formula is C15H19BrF3N. The molecule has 1 aromatic carbocycles. The fraction of sp³-hybridized carbons (Fsp3) is 0.600. The number of alkyl halides is 3. The number of rotatable bonds is 2. The van der Waals surface area contributed by atoms with Crippen LogP contribution in [0.1, 0.15) is 44.6 Å². The summed E-state index contributed by atoms with van der Waals surface area (Å²) >= 11 is 2.96. The summed E-state index contributed by atoms with van der Waals surface area (Å²) < 4.78 is 38.7. The van der Waals surface area contributed by atoms with Gasteiger partial charge in [0.25, 0.3) is 0 Å². The summed E-state index contributed by atoms with van der Waals surface area (Å²) in [5.41, 5.74) is -0.0652. The highest BCUT2D eigenvalue weighted by atomic mass is 79.9. The Morgan fingerprint density at radius 3 is 2.60 bits per heavy atom. The molecule has 0 bridgehead atoms. The highest BCUT2D eigenvalue weighted by molar-refractivity contribution is 9.10. The van der Waals surface area contributed by atoms with Crippen LogP contribution in [0.5, 0.6) is 0 Å². The average Bonchev–Trinajstić information content (AvgIpc) is 2.55. The molecule has 1 aromatic rings. The second-order valence-corrected chi connectivity index (χ2v) is 6.50. The average molecular weight is 350 g/mol. The minimum Gasteiger partial charge on any atom is -0.382 e. The molecule has 2 atom stereocenters. The molecule has 20 heavy (non-hydrogen) atoms. The first kappa shape index (κ1) is 15.7. The third-order valence-electron chi connectivity index (χ3n) is 3.90. The van der Waals surface area contributed by atoms with Crippen molar-refractivity contribution in [3.63, 3.8) is 0 Å². The molecule has 0 radical (unpaired) electrons.